The monoisotopic (exact) mass is 688 g/mol. The molecule has 9 heteroatoms. The highest BCUT2D eigenvalue weighted by molar-refractivity contribution is 7.28. The summed E-state index contributed by atoms with van der Waals surface area (Å²) in [5.74, 6) is 2.73. The van der Waals surface area contributed by atoms with Gasteiger partial charge >= 0.3 is 0 Å². The van der Waals surface area contributed by atoms with Crippen molar-refractivity contribution in [2.75, 3.05) is 14.2 Å². The molecular weight excluding hydrogens is 649 g/mol. The Hall–Kier alpha value is -3.92. The molecule has 0 aliphatic carbocycles. The number of rotatable bonds is 12. The van der Waals surface area contributed by atoms with E-state index in [1.807, 2.05) is 76.2 Å². The molecule has 47 heavy (non-hydrogen) atoms. The van der Waals surface area contributed by atoms with Gasteiger partial charge in [-0.3, -0.25) is 9.59 Å². The van der Waals surface area contributed by atoms with Gasteiger partial charge in [0.2, 0.25) is 0 Å². The van der Waals surface area contributed by atoms with Gasteiger partial charge in [-0.25, -0.2) is 0 Å². The summed E-state index contributed by atoms with van der Waals surface area (Å²) in [6.07, 6.45) is -0.0697. The van der Waals surface area contributed by atoms with Crippen molar-refractivity contribution in [3.8, 4) is 63.4 Å². The Balaban J connectivity index is 1.70. The number of ether oxygens (including phenoxy) is 4. The first kappa shape index (κ1) is 34.4. The highest BCUT2D eigenvalue weighted by Crippen LogP contribution is 2.53. The van der Waals surface area contributed by atoms with Crippen LogP contribution in [0.4, 0.5) is 0 Å². The number of carbonyl (C=O) groups excluding carboxylic acids is 2. The van der Waals surface area contributed by atoms with E-state index in [0.717, 1.165) is 51.5 Å². The molecule has 0 fully saturated rings. The Bertz CT molecular complexity index is 1820. The van der Waals surface area contributed by atoms with Crippen molar-refractivity contribution in [1.82, 2.24) is 0 Å². The van der Waals surface area contributed by atoms with Gasteiger partial charge in [0.25, 0.3) is 0 Å². The summed E-state index contributed by atoms with van der Waals surface area (Å²) < 4.78 is 23.9. The van der Waals surface area contributed by atoms with Gasteiger partial charge in [-0.15, -0.1) is 34.0 Å². The fourth-order valence-electron chi connectivity index (χ4n) is 5.47. The molecule has 0 bridgehead atoms. The highest BCUT2D eigenvalue weighted by Gasteiger charge is 2.28. The first-order chi connectivity index (χ1) is 22.4. The SMILES string of the molecule is COc1cccc(OC(C)C)c1-c1cc(C(C)=O)c(-c2sc(-c3sc(-c4c(OC)cccc4OC(C)C)cc3C(C)=O)c(C)c2C)s1. The van der Waals surface area contributed by atoms with Crippen LogP contribution in [0, 0.1) is 13.8 Å². The van der Waals surface area contributed by atoms with E-state index in [1.54, 1.807) is 62.1 Å². The number of carbonyl (C=O) groups is 2. The molecule has 0 unspecified atom stereocenters. The topological polar surface area (TPSA) is 71.1 Å². The molecule has 0 radical (unpaired) electrons. The number of ketones is 2. The third kappa shape index (κ3) is 6.75. The zero-order chi connectivity index (χ0) is 34.2. The van der Waals surface area contributed by atoms with Crippen molar-refractivity contribution in [3.05, 3.63) is 70.8 Å². The summed E-state index contributed by atoms with van der Waals surface area (Å²) in [7, 11) is 3.28. The molecule has 5 rings (SSSR count). The Morgan fingerprint density at radius 1 is 0.574 bits per heavy atom. The maximum absolute atomic E-state index is 13.1. The van der Waals surface area contributed by atoms with E-state index in [4.69, 9.17) is 18.9 Å². The third-order valence-corrected chi connectivity index (χ3v) is 11.7. The lowest BCUT2D eigenvalue weighted by Crippen LogP contribution is -2.06. The summed E-state index contributed by atoms with van der Waals surface area (Å²) in [4.78, 5) is 31.8. The number of hydrogen-bond acceptors (Lipinski definition) is 9. The van der Waals surface area contributed by atoms with Crippen molar-refractivity contribution in [1.29, 1.82) is 0 Å². The Morgan fingerprint density at radius 3 is 1.26 bits per heavy atom. The van der Waals surface area contributed by atoms with E-state index in [-0.39, 0.29) is 23.8 Å². The van der Waals surface area contributed by atoms with Gasteiger partial charge in [0, 0.05) is 30.6 Å². The predicted octanol–water partition coefficient (Wildman–Crippen LogP) is 11.2. The minimum atomic E-state index is -0.0349. The minimum absolute atomic E-state index is 0.0209. The van der Waals surface area contributed by atoms with Gasteiger partial charge in [-0.1, -0.05) is 12.1 Å². The van der Waals surface area contributed by atoms with Crippen molar-refractivity contribution < 1.29 is 28.5 Å². The van der Waals surface area contributed by atoms with Crippen LogP contribution in [0.2, 0.25) is 0 Å². The van der Waals surface area contributed by atoms with Crippen LogP contribution < -0.4 is 18.9 Å². The molecule has 0 N–H and O–H groups in total. The van der Waals surface area contributed by atoms with Crippen LogP contribution in [0.5, 0.6) is 23.0 Å². The molecule has 0 spiro atoms. The lowest BCUT2D eigenvalue weighted by Gasteiger charge is -2.16. The standard InChI is InChI=1S/C38H40O6S3/c1-19(2)43-29-15-11-13-27(41-9)33(29)31-17-25(23(7)39)37(45-31)35-21(5)22(6)36(47-35)38-26(24(8)40)18-32(46-38)34-28(42-10)14-12-16-30(34)44-20(3)4/h11-20H,1-10H3. The molecule has 6 nitrogen and oxygen atoms in total. The fraction of sp³-hybridized carbons (Fsp3) is 0.316. The second-order valence-corrected chi connectivity index (χ2v) is 15.0. The lowest BCUT2D eigenvalue weighted by molar-refractivity contribution is 0.101. The molecule has 5 aromatic rings. The normalized spacial score (nSPS) is 11.3. The van der Waals surface area contributed by atoms with Gasteiger partial charge in [0.1, 0.15) is 23.0 Å². The Morgan fingerprint density at radius 2 is 0.936 bits per heavy atom. The van der Waals surface area contributed by atoms with Crippen LogP contribution in [0.25, 0.3) is 40.4 Å². The molecule has 246 valence electrons. The molecule has 3 heterocycles. The van der Waals surface area contributed by atoms with Crippen LogP contribution in [-0.2, 0) is 0 Å². The number of hydrogen-bond donors (Lipinski definition) is 0. The zero-order valence-corrected chi connectivity index (χ0v) is 30.9. The molecule has 0 aliphatic rings. The number of thiophene rings is 3. The van der Waals surface area contributed by atoms with Crippen LogP contribution in [0.1, 0.15) is 73.4 Å². The first-order valence-electron chi connectivity index (χ1n) is 15.4. The third-order valence-electron chi connectivity index (χ3n) is 7.72. The predicted molar refractivity (Wildman–Crippen MR) is 196 cm³/mol. The molecule has 3 aromatic heterocycles. The van der Waals surface area contributed by atoms with Gasteiger partial charge in [-0.05, 0) is 103 Å². The Labute approximate surface area is 288 Å². The number of methoxy groups -OCH3 is 2. The van der Waals surface area contributed by atoms with Crippen LogP contribution >= 0.6 is 34.0 Å². The summed E-state index contributed by atoms with van der Waals surface area (Å²) in [6, 6.07) is 15.4. The number of benzene rings is 2. The summed E-state index contributed by atoms with van der Waals surface area (Å²) in [5, 5.41) is 0. The largest absolute Gasteiger partial charge is 0.496 e. The fourth-order valence-corrected chi connectivity index (χ4v) is 9.71. The molecule has 0 aliphatic heterocycles. The second kappa shape index (κ2) is 14.1. The summed E-state index contributed by atoms with van der Waals surface area (Å²) in [5.41, 5.74) is 5.09. The molecule has 0 saturated carbocycles. The maximum atomic E-state index is 13.1. The van der Waals surface area contributed by atoms with Crippen LogP contribution in [0.3, 0.4) is 0 Å². The van der Waals surface area contributed by atoms with E-state index in [1.165, 1.54) is 0 Å². The average molecular weight is 689 g/mol. The van der Waals surface area contributed by atoms with E-state index in [9.17, 15) is 9.59 Å². The van der Waals surface area contributed by atoms with Crippen molar-refractivity contribution in [2.45, 2.75) is 67.6 Å². The van der Waals surface area contributed by atoms with Gasteiger partial charge < -0.3 is 18.9 Å². The molecule has 0 saturated heterocycles. The zero-order valence-electron chi connectivity index (χ0n) is 28.4. The highest BCUT2D eigenvalue weighted by atomic mass is 32.1. The maximum Gasteiger partial charge on any atom is 0.161 e. The van der Waals surface area contributed by atoms with Crippen LogP contribution in [-0.4, -0.2) is 38.0 Å². The Kier molecular flexibility index (Phi) is 10.3. The lowest BCUT2D eigenvalue weighted by atomic mass is 10.0. The first-order valence-corrected chi connectivity index (χ1v) is 17.9. The van der Waals surface area contributed by atoms with E-state index in [0.29, 0.717) is 34.1 Å². The van der Waals surface area contributed by atoms with Gasteiger partial charge in [0.15, 0.2) is 11.6 Å². The van der Waals surface area contributed by atoms with Gasteiger partial charge in [0.05, 0.1) is 47.3 Å². The minimum Gasteiger partial charge on any atom is -0.496 e. The van der Waals surface area contributed by atoms with E-state index < -0.39 is 0 Å². The summed E-state index contributed by atoms with van der Waals surface area (Å²) in [6.45, 7) is 15.3. The molecular formula is C38H40O6S3. The van der Waals surface area contributed by atoms with E-state index in [2.05, 4.69) is 13.8 Å². The molecule has 0 amide bonds. The molecule has 0 atom stereocenters. The smallest absolute Gasteiger partial charge is 0.161 e. The van der Waals surface area contributed by atoms with Crippen molar-refractivity contribution in [3.63, 3.8) is 0 Å². The van der Waals surface area contributed by atoms with Crippen molar-refractivity contribution in [2.24, 2.45) is 0 Å². The van der Waals surface area contributed by atoms with Crippen LogP contribution in [0.15, 0.2) is 48.5 Å². The second-order valence-electron chi connectivity index (χ2n) is 11.8. The molecule has 2 aromatic carbocycles. The van der Waals surface area contributed by atoms with Gasteiger partial charge in [-0.2, -0.15) is 0 Å². The van der Waals surface area contributed by atoms with Crippen molar-refractivity contribution >= 4 is 45.6 Å². The number of Topliss-reactive ketones (excluding diaryl/α,β-unsaturated/α-hetero) is 2. The quantitative estimate of drug-likeness (QED) is 0.122. The average Bonchev–Trinajstić information content (AvgIpc) is 3.72. The van der Waals surface area contributed by atoms with E-state index >= 15 is 0 Å². The summed E-state index contributed by atoms with van der Waals surface area (Å²) >= 11 is 4.72.